The van der Waals surface area contributed by atoms with E-state index < -0.39 is 0 Å². The number of hydrogen-bond acceptors (Lipinski definition) is 3. The Hall–Kier alpha value is -1.62. The maximum absolute atomic E-state index is 12.2. The molecule has 0 aliphatic heterocycles. The summed E-state index contributed by atoms with van der Waals surface area (Å²) in [6.07, 6.45) is 9.88. The SMILES string of the molecule is O=C(CC1CCCCC1)Nc1c(Cl)ncc2[nH]ncc12. The van der Waals surface area contributed by atoms with E-state index in [9.17, 15) is 4.79 Å². The molecule has 6 heteroatoms. The lowest BCUT2D eigenvalue weighted by molar-refractivity contribution is -0.117. The summed E-state index contributed by atoms with van der Waals surface area (Å²) in [5, 5.41) is 10.8. The minimum Gasteiger partial charge on any atom is -0.323 e. The smallest absolute Gasteiger partial charge is 0.224 e. The summed E-state index contributed by atoms with van der Waals surface area (Å²) in [6, 6.07) is 0. The number of anilines is 1. The Labute approximate surface area is 122 Å². The Kier molecular flexibility index (Phi) is 3.87. The Morgan fingerprint density at radius 1 is 1.35 bits per heavy atom. The first-order chi connectivity index (χ1) is 9.74. The van der Waals surface area contributed by atoms with Crippen LogP contribution in [0.15, 0.2) is 12.4 Å². The van der Waals surface area contributed by atoms with Gasteiger partial charge in [0.15, 0.2) is 5.15 Å². The predicted molar refractivity (Wildman–Crippen MR) is 78.7 cm³/mol. The number of pyridine rings is 1. The minimum atomic E-state index is 0.00861. The predicted octanol–water partition coefficient (Wildman–Crippen LogP) is 3.52. The van der Waals surface area contributed by atoms with Gasteiger partial charge in [0.25, 0.3) is 0 Å². The molecular weight excluding hydrogens is 276 g/mol. The minimum absolute atomic E-state index is 0.00861. The van der Waals surface area contributed by atoms with E-state index in [0.717, 1.165) is 23.7 Å². The first-order valence-corrected chi connectivity index (χ1v) is 7.39. The van der Waals surface area contributed by atoms with E-state index in [1.54, 1.807) is 12.4 Å². The van der Waals surface area contributed by atoms with Gasteiger partial charge in [-0.25, -0.2) is 4.98 Å². The molecule has 0 aromatic carbocycles. The van der Waals surface area contributed by atoms with E-state index in [-0.39, 0.29) is 5.91 Å². The highest BCUT2D eigenvalue weighted by Gasteiger charge is 2.19. The first kappa shape index (κ1) is 13.4. The largest absolute Gasteiger partial charge is 0.323 e. The highest BCUT2D eigenvalue weighted by molar-refractivity contribution is 6.34. The van der Waals surface area contributed by atoms with Crippen LogP contribution in [0.3, 0.4) is 0 Å². The van der Waals surface area contributed by atoms with Crippen LogP contribution in [-0.4, -0.2) is 21.1 Å². The molecule has 2 N–H and O–H groups in total. The lowest BCUT2D eigenvalue weighted by Crippen LogP contribution is -2.18. The third kappa shape index (κ3) is 2.77. The number of aromatic amines is 1. The highest BCUT2D eigenvalue weighted by Crippen LogP contribution is 2.30. The molecule has 0 radical (unpaired) electrons. The van der Waals surface area contributed by atoms with Crippen LogP contribution >= 0.6 is 11.6 Å². The van der Waals surface area contributed by atoms with Crippen LogP contribution in [0.25, 0.3) is 10.9 Å². The molecule has 20 heavy (non-hydrogen) atoms. The number of nitrogens with one attached hydrogen (secondary N) is 2. The van der Waals surface area contributed by atoms with Gasteiger partial charge in [-0.1, -0.05) is 30.9 Å². The van der Waals surface area contributed by atoms with Gasteiger partial charge in [-0.05, 0) is 18.8 Å². The van der Waals surface area contributed by atoms with Gasteiger partial charge < -0.3 is 5.32 Å². The van der Waals surface area contributed by atoms with Crippen molar-refractivity contribution in [1.29, 1.82) is 0 Å². The maximum atomic E-state index is 12.2. The molecule has 1 saturated carbocycles. The topological polar surface area (TPSA) is 70.7 Å². The van der Waals surface area contributed by atoms with Gasteiger partial charge in [-0.15, -0.1) is 0 Å². The molecule has 3 rings (SSSR count). The van der Waals surface area contributed by atoms with Crippen molar-refractivity contribution in [2.75, 3.05) is 5.32 Å². The summed E-state index contributed by atoms with van der Waals surface area (Å²) in [4.78, 5) is 16.2. The standard InChI is InChI=1S/C14H17ClN4O/c15-14-13(10-7-17-19-11(10)8-16-14)18-12(20)6-9-4-2-1-3-5-9/h7-9H,1-6H2,(H,17,19)(H,18,20). The Morgan fingerprint density at radius 3 is 2.95 bits per heavy atom. The maximum Gasteiger partial charge on any atom is 0.224 e. The normalized spacial score (nSPS) is 16.4. The molecule has 0 spiro atoms. The van der Waals surface area contributed by atoms with Gasteiger partial charge >= 0.3 is 0 Å². The van der Waals surface area contributed by atoms with E-state index in [0.29, 0.717) is 23.2 Å². The van der Waals surface area contributed by atoms with Crippen LogP contribution in [-0.2, 0) is 4.79 Å². The molecule has 106 valence electrons. The number of hydrogen-bond donors (Lipinski definition) is 2. The zero-order valence-electron chi connectivity index (χ0n) is 11.2. The van der Waals surface area contributed by atoms with Gasteiger partial charge in [-0.3, -0.25) is 9.89 Å². The molecule has 1 amide bonds. The first-order valence-electron chi connectivity index (χ1n) is 7.01. The molecule has 1 aliphatic carbocycles. The molecule has 1 aliphatic rings. The average molecular weight is 293 g/mol. The molecule has 0 atom stereocenters. The monoisotopic (exact) mass is 292 g/mol. The number of rotatable bonds is 3. The van der Waals surface area contributed by atoms with E-state index >= 15 is 0 Å². The number of aromatic nitrogens is 3. The fourth-order valence-electron chi connectivity index (χ4n) is 2.85. The van der Waals surface area contributed by atoms with Crippen molar-refractivity contribution < 1.29 is 4.79 Å². The summed E-state index contributed by atoms with van der Waals surface area (Å²) in [5.74, 6) is 0.508. The number of halogens is 1. The summed E-state index contributed by atoms with van der Waals surface area (Å²) >= 11 is 6.08. The second kappa shape index (κ2) is 5.79. The number of amides is 1. The van der Waals surface area contributed by atoms with Crippen molar-refractivity contribution in [3.8, 4) is 0 Å². The molecular formula is C14H17ClN4O. The molecule has 2 heterocycles. The quantitative estimate of drug-likeness (QED) is 0.850. The van der Waals surface area contributed by atoms with E-state index in [1.165, 1.54) is 19.3 Å². The van der Waals surface area contributed by atoms with Crippen LogP contribution in [0.1, 0.15) is 38.5 Å². The molecule has 0 bridgehead atoms. The second-order valence-electron chi connectivity index (χ2n) is 5.38. The van der Waals surface area contributed by atoms with E-state index in [2.05, 4.69) is 20.5 Å². The lowest BCUT2D eigenvalue weighted by atomic mass is 9.87. The van der Waals surface area contributed by atoms with Crippen LogP contribution in [0.4, 0.5) is 5.69 Å². The fraction of sp³-hybridized carbons (Fsp3) is 0.500. The summed E-state index contributed by atoms with van der Waals surface area (Å²) in [7, 11) is 0. The zero-order valence-corrected chi connectivity index (χ0v) is 11.9. The molecule has 5 nitrogen and oxygen atoms in total. The van der Waals surface area contributed by atoms with E-state index in [1.807, 2.05) is 0 Å². The van der Waals surface area contributed by atoms with Gasteiger partial charge in [0.2, 0.25) is 5.91 Å². The van der Waals surface area contributed by atoms with Gasteiger partial charge in [0, 0.05) is 11.8 Å². The molecule has 1 fully saturated rings. The Morgan fingerprint density at radius 2 is 2.15 bits per heavy atom. The van der Waals surface area contributed by atoms with E-state index in [4.69, 9.17) is 11.6 Å². The van der Waals surface area contributed by atoms with Crippen molar-refractivity contribution in [2.24, 2.45) is 5.92 Å². The van der Waals surface area contributed by atoms with Crippen molar-refractivity contribution in [3.63, 3.8) is 0 Å². The molecule has 0 unspecified atom stereocenters. The summed E-state index contributed by atoms with van der Waals surface area (Å²) in [5.41, 5.74) is 1.32. The second-order valence-corrected chi connectivity index (χ2v) is 5.74. The third-order valence-electron chi connectivity index (χ3n) is 3.91. The average Bonchev–Trinajstić information content (AvgIpc) is 2.92. The van der Waals surface area contributed by atoms with Crippen LogP contribution in [0.2, 0.25) is 5.15 Å². The molecule has 2 aromatic rings. The molecule has 2 aromatic heterocycles. The Balaban J connectivity index is 1.73. The number of carbonyl (C=O) groups excluding carboxylic acids is 1. The van der Waals surface area contributed by atoms with Crippen molar-refractivity contribution >= 4 is 34.1 Å². The number of nitrogens with zero attached hydrogens (tertiary/aromatic N) is 2. The third-order valence-corrected chi connectivity index (χ3v) is 4.20. The summed E-state index contributed by atoms with van der Waals surface area (Å²) < 4.78 is 0. The van der Waals surface area contributed by atoms with Crippen LogP contribution in [0, 0.1) is 5.92 Å². The van der Waals surface area contributed by atoms with Gasteiger partial charge in [0.1, 0.15) is 0 Å². The molecule has 0 saturated heterocycles. The van der Waals surface area contributed by atoms with Crippen LogP contribution in [0.5, 0.6) is 0 Å². The highest BCUT2D eigenvalue weighted by atomic mass is 35.5. The van der Waals surface area contributed by atoms with Crippen molar-refractivity contribution in [2.45, 2.75) is 38.5 Å². The number of fused-ring (bicyclic) bond motifs is 1. The van der Waals surface area contributed by atoms with Crippen molar-refractivity contribution in [3.05, 3.63) is 17.5 Å². The lowest BCUT2D eigenvalue weighted by Gasteiger charge is -2.21. The van der Waals surface area contributed by atoms with Crippen LogP contribution < -0.4 is 5.32 Å². The van der Waals surface area contributed by atoms with Gasteiger partial charge in [0.05, 0.1) is 23.6 Å². The summed E-state index contributed by atoms with van der Waals surface area (Å²) in [6.45, 7) is 0. The van der Waals surface area contributed by atoms with Crippen molar-refractivity contribution in [1.82, 2.24) is 15.2 Å². The number of H-pyrrole nitrogens is 1. The number of carbonyl (C=O) groups is 1. The fourth-order valence-corrected chi connectivity index (χ4v) is 3.05. The Bertz CT molecular complexity index is 619. The van der Waals surface area contributed by atoms with Gasteiger partial charge in [-0.2, -0.15) is 5.10 Å². The zero-order chi connectivity index (χ0) is 13.9.